The Morgan fingerprint density at radius 3 is 1.92 bits per heavy atom. The quantitative estimate of drug-likeness (QED) is 0.303. The molecule has 1 radical (unpaired) electrons. The summed E-state index contributed by atoms with van der Waals surface area (Å²) in [7, 11) is 0. The topological polar surface area (TPSA) is 118 Å². The van der Waals surface area contributed by atoms with Crippen molar-refractivity contribution in [2.45, 2.75) is 18.3 Å². The second-order valence-electron chi connectivity index (χ2n) is 2.31. The molecule has 0 heterocycles. The van der Waals surface area contributed by atoms with Crippen LogP contribution in [0.5, 0.6) is 0 Å². The molecule has 0 amide bonds. The minimum atomic E-state index is -1.86. The summed E-state index contributed by atoms with van der Waals surface area (Å²) in [6.45, 7) is -1.69. The fourth-order valence-corrected chi connectivity index (χ4v) is 0.602. The molecule has 0 aromatic carbocycles. The second-order valence-corrected chi connectivity index (χ2v) is 2.31. The number of carbonyl (C=O) groups is 1. The van der Waals surface area contributed by atoms with Gasteiger partial charge >= 0.3 is 0 Å². The molecule has 73 valence electrons. The van der Waals surface area contributed by atoms with Crippen molar-refractivity contribution in [3.8, 4) is 0 Å². The first-order chi connectivity index (χ1) is 5.54. The van der Waals surface area contributed by atoms with Crippen molar-refractivity contribution in [2.24, 2.45) is 0 Å². The Morgan fingerprint density at radius 2 is 1.62 bits per heavy atom. The van der Waals surface area contributed by atoms with Crippen LogP contribution in [0.1, 0.15) is 0 Å². The van der Waals surface area contributed by atoms with Gasteiger partial charge in [-0.3, -0.25) is 4.79 Å². The molecular weight excluding hydrogens is 207 g/mol. The van der Waals surface area contributed by atoms with Gasteiger partial charge in [0.05, 0.1) is 6.61 Å². The maximum atomic E-state index is 10.5. The van der Waals surface area contributed by atoms with Crippen LogP contribution >= 0.6 is 0 Å². The number of aliphatic hydroxyl groups is 5. The molecule has 0 unspecified atom stereocenters. The molecule has 0 aromatic rings. The third-order valence-corrected chi connectivity index (χ3v) is 1.39. The average Bonchev–Trinajstić information content (AvgIpc) is 2.12. The van der Waals surface area contributed by atoms with Crippen LogP contribution in [0, 0.1) is 0 Å². The predicted octanol–water partition coefficient (Wildman–Crippen LogP) is -3.76. The van der Waals surface area contributed by atoms with E-state index in [1.165, 1.54) is 0 Å². The molecule has 7 heteroatoms. The Morgan fingerprint density at radius 1 is 1.15 bits per heavy atom. The van der Waals surface area contributed by atoms with E-state index in [-0.39, 0.29) is 51.4 Å². The first-order valence-corrected chi connectivity index (χ1v) is 3.33. The minimum absolute atomic E-state index is 0. The SMILES string of the molecule is O=C(CO)[C@@H](O)[C@H](O)[C@H](O)CO.[K]. The van der Waals surface area contributed by atoms with Crippen molar-refractivity contribution in [3.05, 3.63) is 0 Å². The smallest absolute Gasteiger partial charge is 0.189 e. The standard InChI is InChI=1S/C6H12O6.K/c7-1-3(9)5(11)6(12)4(10)2-8;/h3,5-9,11-12H,1-2H2;/t3-,5-,6-;/m1./s1. The van der Waals surface area contributed by atoms with E-state index in [4.69, 9.17) is 25.5 Å². The van der Waals surface area contributed by atoms with Gasteiger partial charge in [0.25, 0.3) is 0 Å². The van der Waals surface area contributed by atoms with Crippen LogP contribution in [-0.4, -0.2) is 114 Å². The van der Waals surface area contributed by atoms with Gasteiger partial charge in [-0.2, -0.15) is 0 Å². The number of Topliss-reactive ketones (excluding diaryl/α,β-unsaturated/α-hetero) is 1. The van der Waals surface area contributed by atoms with E-state index in [1.54, 1.807) is 0 Å². The number of rotatable bonds is 5. The summed E-state index contributed by atoms with van der Waals surface area (Å²) in [4.78, 5) is 10.5. The van der Waals surface area contributed by atoms with Crippen LogP contribution in [0.15, 0.2) is 0 Å². The van der Waals surface area contributed by atoms with E-state index < -0.39 is 37.3 Å². The van der Waals surface area contributed by atoms with Gasteiger partial charge in [0.1, 0.15) is 24.9 Å². The Balaban J connectivity index is 0. The summed E-state index contributed by atoms with van der Waals surface area (Å²) < 4.78 is 0. The van der Waals surface area contributed by atoms with Crippen molar-refractivity contribution in [2.75, 3.05) is 13.2 Å². The monoisotopic (exact) mass is 219 g/mol. The number of hydrogen-bond donors (Lipinski definition) is 5. The van der Waals surface area contributed by atoms with Gasteiger partial charge in [0.2, 0.25) is 0 Å². The third kappa shape index (κ3) is 5.52. The molecule has 5 N–H and O–H groups in total. The third-order valence-electron chi connectivity index (χ3n) is 1.39. The number of carbonyl (C=O) groups excluding carboxylic acids is 1. The Labute approximate surface area is 118 Å². The van der Waals surface area contributed by atoms with E-state index in [2.05, 4.69) is 0 Å². The first kappa shape index (κ1) is 16.5. The maximum Gasteiger partial charge on any atom is 0.189 e. The van der Waals surface area contributed by atoms with Crippen LogP contribution in [0.3, 0.4) is 0 Å². The van der Waals surface area contributed by atoms with E-state index in [0.29, 0.717) is 0 Å². The Bertz CT molecular complexity index is 152. The molecule has 0 aliphatic rings. The van der Waals surface area contributed by atoms with Gasteiger partial charge in [-0.15, -0.1) is 0 Å². The van der Waals surface area contributed by atoms with E-state index in [1.807, 2.05) is 0 Å². The largest absolute Gasteiger partial charge is 0.394 e. The van der Waals surface area contributed by atoms with Crippen molar-refractivity contribution in [1.29, 1.82) is 0 Å². The predicted molar refractivity (Wildman–Crippen MR) is 43.0 cm³/mol. The molecular formula is C6H12KO6. The van der Waals surface area contributed by atoms with Crippen LogP contribution < -0.4 is 0 Å². The van der Waals surface area contributed by atoms with Gasteiger partial charge < -0.3 is 25.5 Å². The zero-order valence-electron chi connectivity index (χ0n) is 7.29. The van der Waals surface area contributed by atoms with Crippen molar-refractivity contribution in [1.82, 2.24) is 0 Å². The molecule has 0 saturated carbocycles. The van der Waals surface area contributed by atoms with Gasteiger partial charge in [-0.25, -0.2) is 0 Å². The van der Waals surface area contributed by atoms with Crippen LogP contribution in [0.2, 0.25) is 0 Å². The van der Waals surface area contributed by atoms with Crippen molar-refractivity contribution >= 4 is 57.2 Å². The molecule has 0 saturated heterocycles. The molecule has 6 nitrogen and oxygen atoms in total. The molecule has 3 atom stereocenters. The average molecular weight is 219 g/mol. The van der Waals surface area contributed by atoms with Gasteiger partial charge in [0, 0.05) is 51.4 Å². The fraction of sp³-hybridized carbons (Fsp3) is 0.833. The molecule has 0 aliphatic carbocycles. The van der Waals surface area contributed by atoms with Crippen LogP contribution in [0.25, 0.3) is 0 Å². The Hall–Kier alpha value is 1.11. The number of ketones is 1. The second kappa shape index (κ2) is 8.42. The van der Waals surface area contributed by atoms with Crippen LogP contribution in [0.4, 0.5) is 0 Å². The summed E-state index contributed by atoms with van der Waals surface area (Å²) in [6.07, 6.45) is -5.22. The molecule has 13 heavy (non-hydrogen) atoms. The number of hydrogen-bond acceptors (Lipinski definition) is 6. The summed E-state index contributed by atoms with van der Waals surface area (Å²) in [5.74, 6) is -1.00. The number of aliphatic hydroxyl groups excluding tert-OH is 5. The zero-order chi connectivity index (χ0) is 9.72. The van der Waals surface area contributed by atoms with E-state index in [9.17, 15) is 4.79 Å². The summed E-state index contributed by atoms with van der Waals surface area (Å²) in [5.41, 5.74) is 0. The van der Waals surface area contributed by atoms with Gasteiger partial charge in [-0.1, -0.05) is 0 Å². The van der Waals surface area contributed by atoms with E-state index in [0.717, 1.165) is 0 Å². The summed E-state index contributed by atoms with van der Waals surface area (Å²) in [6, 6.07) is 0. The Kier molecular flexibility index (Phi) is 10.7. The summed E-state index contributed by atoms with van der Waals surface area (Å²) in [5, 5.41) is 43.1. The summed E-state index contributed by atoms with van der Waals surface area (Å²) >= 11 is 0. The normalized spacial score (nSPS) is 17.0. The molecule has 0 bridgehead atoms. The molecule has 0 spiro atoms. The van der Waals surface area contributed by atoms with Gasteiger partial charge in [-0.05, 0) is 0 Å². The van der Waals surface area contributed by atoms with Crippen molar-refractivity contribution in [3.63, 3.8) is 0 Å². The first-order valence-electron chi connectivity index (χ1n) is 3.33. The fourth-order valence-electron chi connectivity index (χ4n) is 0.602. The van der Waals surface area contributed by atoms with E-state index >= 15 is 0 Å². The van der Waals surface area contributed by atoms with Gasteiger partial charge in [0.15, 0.2) is 5.78 Å². The molecule has 0 aliphatic heterocycles. The minimum Gasteiger partial charge on any atom is -0.394 e. The zero-order valence-corrected chi connectivity index (χ0v) is 10.4. The molecule has 0 rings (SSSR count). The van der Waals surface area contributed by atoms with Crippen molar-refractivity contribution < 1.29 is 30.3 Å². The van der Waals surface area contributed by atoms with Crippen LogP contribution in [-0.2, 0) is 4.79 Å². The molecule has 0 aromatic heterocycles. The maximum absolute atomic E-state index is 10.5. The molecule has 0 fully saturated rings.